The Labute approximate surface area is 52.3 Å². The van der Waals surface area contributed by atoms with Crippen molar-refractivity contribution in [3.8, 4) is 0 Å². The van der Waals surface area contributed by atoms with Gasteiger partial charge in [-0.2, -0.15) is 0 Å². The molecule has 0 heterocycles. The van der Waals surface area contributed by atoms with Gasteiger partial charge >= 0.3 is 0 Å². The molecule has 0 amide bonds. The molecule has 49 valence electrons. The first-order valence-electron chi connectivity index (χ1n) is 3.19. The summed E-state index contributed by atoms with van der Waals surface area (Å²) in [5, 5.41) is 0. The van der Waals surface area contributed by atoms with Crippen molar-refractivity contribution in [3.63, 3.8) is 0 Å². The molecular formula is C7H16N. The molecule has 0 aliphatic heterocycles. The lowest BCUT2D eigenvalue weighted by atomic mass is 9.86. The van der Waals surface area contributed by atoms with Crippen LogP contribution in [0.2, 0.25) is 0 Å². The van der Waals surface area contributed by atoms with Gasteiger partial charge in [0.25, 0.3) is 0 Å². The molecule has 0 bridgehead atoms. The van der Waals surface area contributed by atoms with E-state index in [-0.39, 0.29) is 11.5 Å². The summed E-state index contributed by atoms with van der Waals surface area (Å²) >= 11 is 0. The summed E-state index contributed by atoms with van der Waals surface area (Å²) in [5.74, 6) is 0. The predicted octanol–water partition coefficient (Wildman–Crippen LogP) is 2.09. The molecule has 0 aromatic carbocycles. The van der Waals surface area contributed by atoms with Crippen LogP contribution < -0.4 is 5.73 Å². The number of hydrogen-bond donors (Lipinski definition) is 0. The van der Waals surface area contributed by atoms with Gasteiger partial charge in [-0.05, 0) is 11.8 Å². The van der Waals surface area contributed by atoms with Gasteiger partial charge in [0.2, 0.25) is 0 Å². The van der Waals surface area contributed by atoms with Crippen LogP contribution in [0.1, 0.15) is 34.1 Å². The third-order valence-corrected chi connectivity index (χ3v) is 1.45. The maximum atomic E-state index is 7.47. The van der Waals surface area contributed by atoms with Crippen molar-refractivity contribution >= 4 is 0 Å². The molecule has 0 fully saturated rings. The van der Waals surface area contributed by atoms with Gasteiger partial charge in [-0.25, -0.2) is 0 Å². The van der Waals surface area contributed by atoms with E-state index < -0.39 is 0 Å². The maximum absolute atomic E-state index is 7.47. The molecule has 0 saturated carbocycles. The van der Waals surface area contributed by atoms with E-state index in [1.54, 1.807) is 0 Å². The van der Waals surface area contributed by atoms with Crippen LogP contribution in [-0.4, -0.2) is 6.04 Å². The van der Waals surface area contributed by atoms with E-state index in [1.807, 2.05) is 0 Å². The molecule has 1 nitrogen and oxygen atoms in total. The lowest BCUT2D eigenvalue weighted by Gasteiger charge is -2.24. The van der Waals surface area contributed by atoms with Crippen molar-refractivity contribution < 1.29 is 0 Å². The molecule has 0 spiro atoms. The van der Waals surface area contributed by atoms with E-state index in [1.165, 1.54) is 0 Å². The highest BCUT2D eigenvalue weighted by atomic mass is 14.7. The average Bonchev–Trinajstić information content (AvgIpc) is 1.62. The Kier molecular flexibility index (Phi) is 2.48. The van der Waals surface area contributed by atoms with Crippen LogP contribution in [0, 0.1) is 5.41 Å². The first kappa shape index (κ1) is 7.96. The van der Waals surface area contributed by atoms with Crippen molar-refractivity contribution in [2.75, 3.05) is 0 Å². The van der Waals surface area contributed by atoms with Gasteiger partial charge in [-0.15, -0.1) is 0 Å². The molecule has 1 atom stereocenters. The van der Waals surface area contributed by atoms with Crippen LogP contribution >= 0.6 is 0 Å². The zero-order valence-electron chi connectivity index (χ0n) is 6.28. The summed E-state index contributed by atoms with van der Waals surface area (Å²) in [6.07, 6.45) is 0.962. The van der Waals surface area contributed by atoms with Crippen molar-refractivity contribution in [1.82, 2.24) is 5.73 Å². The van der Waals surface area contributed by atoms with Crippen molar-refractivity contribution in [2.24, 2.45) is 5.41 Å². The Morgan fingerprint density at radius 2 is 1.75 bits per heavy atom. The average molecular weight is 114 g/mol. The highest BCUT2D eigenvalue weighted by Crippen LogP contribution is 2.19. The van der Waals surface area contributed by atoms with E-state index >= 15 is 0 Å². The largest absolute Gasteiger partial charge is 0.254 e. The third kappa shape index (κ3) is 2.31. The van der Waals surface area contributed by atoms with Crippen molar-refractivity contribution in [1.29, 1.82) is 0 Å². The predicted molar refractivity (Wildman–Crippen MR) is 36.6 cm³/mol. The molecule has 1 heteroatoms. The van der Waals surface area contributed by atoms with Gasteiger partial charge in [-0.1, -0.05) is 27.7 Å². The summed E-state index contributed by atoms with van der Waals surface area (Å²) in [5.41, 5.74) is 7.65. The van der Waals surface area contributed by atoms with Crippen LogP contribution in [0.15, 0.2) is 0 Å². The molecular weight excluding hydrogens is 98.1 g/mol. The minimum Gasteiger partial charge on any atom is -0.254 e. The van der Waals surface area contributed by atoms with Crippen LogP contribution in [0.5, 0.6) is 0 Å². The lowest BCUT2D eigenvalue weighted by Crippen LogP contribution is -2.26. The van der Waals surface area contributed by atoms with E-state index in [4.69, 9.17) is 5.73 Å². The van der Waals surface area contributed by atoms with E-state index in [0.717, 1.165) is 6.42 Å². The van der Waals surface area contributed by atoms with Gasteiger partial charge in [0.15, 0.2) is 0 Å². The second-order valence-corrected chi connectivity index (χ2v) is 3.33. The Morgan fingerprint density at radius 3 is 1.75 bits per heavy atom. The fraction of sp³-hybridized carbons (Fsp3) is 1.00. The van der Waals surface area contributed by atoms with E-state index in [9.17, 15) is 0 Å². The highest BCUT2D eigenvalue weighted by molar-refractivity contribution is 4.73. The summed E-state index contributed by atoms with van der Waals surface area (Å²) in [4.78, 5) is 0. The van der Waals surface area contributed by atoms with Gasteiger partial charge in [-0.3, -0.25) is 5.73 Å². The van der Waals surface area contributed by atoms with Gasteiger partial charge in [0, 0.05) is 6.04 Å². The minimum atomic E-state index is 0.0995. The quantitative estimate of drug-likeness (QED) is 0.498. The monoisotopic (exact) mass is 114 g/mol. The molecule has 1 radical (unpaired) electrons. The fourth-order valence-electron chi connectivity index (χ4n) is 0.612. The molecule has 0 saturated heterocycles. The maximum Gasteiger partial charge on any atom is 0.0258 e. The lowest BCUT2D eigenvalue weighted by molar-refractivity contribution is 0.305. The Balaban J connectivity index is 3.62. The van der Waals surface area contributed by atoms with Gasteiger partial charge < -0.3 is 0 Å². The highest BCUT2D eigenvalue weighted by Gasteiger charge is 2.18. The Hall–Kier alpha value is -0.0400. The topological polar surface area (TPSA) is 23.8 Å². The number of rotatable bonds is 1. The summed E-state index contributed by atoms with van der Waals surface area (Å²) in [7, 11) is 0. The minimum absolute atomic E-state index is 0.0995. The molecule has 1 N–H and O–H groups in total. The molecule has 0 rings (SSSR count). The fourth-order valence-corrected chi connectivity index (χ4v) is 0.612. The summed E-state index contributed by atoms with van der Waals surface area (Å²) in [6, 6.07) is 0.0995. The SMILES string of the molecule is CCC([NH])C(C)(C)C. The van der Waals surface area contributed by atoms with E-state index in [0.29, 0.717) is 0 Å². The standard InChI is InChI=1S/C7H16N/c1-5-6(8)7(2,3)4/h6,8H,5H2,1-4H3. The first-order chi connectivity index (χ1) is 3.48. The molecule has 0 aromatic heterocycles. The van der Waals surface area contributed by atoms with Crippen LogP contribution in [0.3, 0.4) is 0 Å². The number of hydrogen-bond acceptors (Lipinski definition) is 0. The smallest absolute Gasteiger partial charge is 0.0258 e. The molecule has 0 aliphatic carbocycles. The first-order valence-corrected chi connectivity index (χ1v) is 3.19. The Morgan fingerprint density at radius 1 is 1.38 bits per heavy atom. The van der Waals surface area contributed by atoms with Crippen molar-refractivity contribution in [3.05, 3.63) is 0 Å². The summed E-state index contributed by atoms with van der Waals surface area (Å²) < 4.78 is 0. The normalized spacial score (nSPS) is 16.1. The Bertz CT molecular complexity index is 61.3. The zero-order valence-corrected chi connectivity index (χ0v) is 6.28. The molecule has 1 unspecified atom stereocenters. The molecule has 0 aliphatic rings. The third-order valence-electron chi connectivity index (χ3n) is 1.45. The number of nitrogens with one attached hydrogen (secondary N) is 1. The molecule has 8 heavy (non-hydrogen) atoms. The van der Waals surface area contributed by atoms with Crippen molar-refractivity contribution in [2.45, 2.75) is 40.2 Å². The second-order valence-electron chi connectivity index (χ2n) is 3.33. The van der Waals surface area contributed by atoms with Gasteiger partial charge in [0.05, 0.1) is 0 Å². The van der Waals surface area contributed by atoms with Crippen LogP contribution in [0.25, 0.3) is 0 Å². The summed E-state index contributed by atoms with van der Waals surface area (Å²) in [6.45, 7) is 8.37. The van der Waals surface area contributed by atoms with Crippen LogP contribution in [-0.2, 0) is 0 Å². The zero-order chi connectivity index (χ0) is 6.78. The van der Waals surface area contributed by atoms with Crippen LogP contribution in [0.4, 0.5) is 0 Å². The van der Waals surface area contributed by atoms with E-state index in [2.05, 4.69) is 27.7 Å². The second kappa shape index (κ2) is 2.49. The molecule has 0 aromatic rings. The van der Waals surface area contributed by atoms with Gasteiger partial charge in [0.1, 0.15) is 0 Å².